The molecule has 0 unspecified atom stereocenters. The van der Waals surface area contributed by atoms with Crippen molar-refractivity contribution in [1.82, 2.24) is 35.1 Å². The largest absolute Gasteiger partial charge is 0.418 e. The van der Waals surface area contributed by atoms with E-state index >= 15 is 0 Å². The van der Waals surface area contributed by atoms with Gasteiger partial charge >= 0.3 is 6.18 Å². The predicted octanol–water partition coefficient (Wildman–Crippen LogP) is 1.83. The maximum atomic E-state index is 13.1. The number of hydrogen-bond acceptors (Lipinski definition) is 5. The second-order valence-electron chi connectivity index (χ2n) is 5.28. The Morgan fingerprint density at radius 1 is 1.23 bits per heavy atom. The predicted molar refractivity (Wildman–Crippen MR) is 83.2 cm³/mol. The molecule has 26 heavy (non-hydrogen) atoms. The van der Waals surface area contributed by atoms with Gasteiger partial charge in [0.05, 0.1) is 24.0 Å². The molecule has 8 nitrogen and oxygen atoms in total. The van der Waals surface area contributed by atoms with E-state index in [0.717, 1.165) is 16.9 Å². The van der Waals surface area contributed by atoms with Crippen molar-refractivity contribution in [3.63, 3.8) is 0 Å². The van der Waals surface area contributed by atoms with Crippen LogP contribution in [0.5, 0.6) is 0 Å². The summed E-state index contributed by atoms with van der Waals surface area (Å²) in [4.78, 5) is 12.2. The first-order valence-electron chi connectivity index (χ1n) is 7.64. The lowest BCUT2D eigenvalue weighted by Gasteiger charge is -2.11. The van der Waals surface area contributed by atoms with E-state index < -0.39 is 17.6 Å². The van der Waals surface area contributed by atoms with Gasteiger partial charge < -0.3 is 9.88 Å². The summed E-state index contributed by atoms with van der Waals surface area (Å²) in [7, 11) is 0. The van der Waals surface area contributed by atoms with Crippen LogP contribution in [-0.4, -0.2) is 35.7 Å². The minimum atomic E-state index is -4.55. The molecule has 0 aliphatic carbocycles. The maximum absolute atomic E-state index is 13.1. The molecule has 0 radical (unpaired) electrons. The summed E-state index contributed by atoms with van der Waals surface area (Å²) in [6.07, 6.45) is -1.87. The van der Waals surface area contributed by atoms with Gasteiger partial charge in [-0.05, 0) is 19.1 Å². The van der Waals surface area contributed by atoms with Crippen LogP contribution in [0.2, 0.25) is 0 Å². The summed E-state index contributed by atoms with van der Waals surface area (Å²) in [6.45, 7) is 2.65. The number of benzene rings is 1. The van der Waals surface area contributed by atoms with E-state index in [4.69, 9.17) is 0 Å². The normalized spacial score (nSPS) is 11.5. The molecule has 0 saturated carbocycles. The number of aryl methyl sites for hydroxylation is 1. The van der Waals surface area contributed by atoms with Crippen molar-refractivity contribution in [2.45, 2.75) is 26.2 Å². The molecule has 2 heterocycles. The second-order valence-corrected chi connectivity index (χ2v) is 5.28. The summed E-state index contributed by atoms with van der Waals surface area (Å²) in [6, 6.07) is 4.92. The fourth-order valence-electron chi connectivity index (χ4n) is 2.33. The first-order valence-corrected chi connectivity index (χ1v) is 7.64. The van der Waals surface area contributed by atoms with E-state index in [-0.39, 0.29) is 17.9 Å². The van der Waals surface area contributed by atoms with Gasteiger partial charge in [-0.15, -0.1) is 15.3 Å². The number of nitrogens with one attached hydrogen (secondary N) is 1. The summed E-state index contributed by atoms with van der Waals surface area (Å²) >= 11 is 0. The summed E-state index contributed by atoms with van der Waals surface area (Å²) < 4.78 is 41.9. The quantitative estimate of drug-likeness (QED) is 0.745. The first kappa shape index (κ1) is 17.6. The maximum Gasteiger partial charge on any atom is 0.418 e. The molecule has 0 bridgehead atoms. The SMILES string of the molecule is CCn1cnnc1CNC(=O)c1cn(-c2ccccc2C(F)(F)F)nn1. The minimum absolute atomic E-state index is 0.107. The van der Waals surface area contributed by atoms with Crippen molar-refractivity contribution >= 4 is 5.91 Å². The van der Waals surface area contributed by atoms with Crippen molar-refractivity contribution in [3.05, 3.63) is 53.9 Å². The summed E-state index contributed by atoms with van der Waals surface area (Å²) in [5.41, 5.74) is -1.19. The number of para-hydroxylation sites is 1. The number of carbonyl (C=O) groups excluding carboxylic acids is 1. The molecular formula is C15H14F3N7O. The third-order valence-corrected chi connectivity index (χ3v) is 3.63. The zero-order chi connectivity index (χ0) is 18.7. The number of halogens is 3. The monoisotopic (exact) mass is 365 g/mol. The van der Waals surface area contributed by atoms with Crippen molar-refractivity contribution in [2.24, 2.45) is 0 Å². The van der Waals surface area contributed by atoms with Gasteiger partial charge in [-0.2, -0.15) is 13.2 Å². The number of alkyl halides is 3. The highest BCUT2D eigenvalue weighted by Gasteiger charge is 2.34. The summed E-state index contributed by atoms with van der Waals surface area (Å²) in [5.74, 6) is -0.0259. The zero-order valence-electron chi connectivity index (χ0n) is 13.6. The Labute approximate surface area is 145 Å². The van der Waals surface area contributed by atoms with Gasteiger partial charge in [0.15, 0.2) is 11.5 Å². The Bertz CT molecular complexity index is 916. The van der Waals surface area contributed by atoms with Crippen molar-refractivity contribution in [3.8, 4) is 5.69 Å². The number of hydrogen-bond donors (Lipinski definition) is 1. The van der Waals surface area contributed by atoms with Crippen LogP contribution in [0.3, 0.4) is 0 Å². The average molecular weight is 365 g/mol. The van der Waals surface area contributed by atoms with E-state index in [0.29, 0.717) is 12.4 Å². The van der Waals surface area contributed by atoms with Gasteiger partial charge in [-0.3, -0.25) is 4.79 Å². The summed E-state index contributed by atoms with van der Waals surface area (Å²) in [5, 5.41) is 17.5. The van der Waals surface area contributed by atoms with E-state index in [2.05, 4.69) is 25.8 Å². The number of rotatable bonds is 5. The van der Waals surface area contributed by atoms with Crippen LogP contribution < -0.4 is 5.32 Å². The van der Waals surface area contributed by atoms with Crippen molar-refractivity contribution in [2.75, 3.05) is 0 Å². The van der Waals surface area contributed by atoms with Crippen LogP contribution in [0.15, 0.2) is 36.8 Å². The van der Waals surface area contributed by atoms with Crippen LogP contribution in [0.1, 0.15) is 28.8 Å². The first-order chi connectivity index (χ1) is 12.4. The van der Waals surface area contributed by atoms with Crippen LogP contribution in [-0.2, 0) is 19.3 Å². The Hall–Kier alpha value is -3.24. The second kappa shape index (κ2) is 6.94. The van der Waals surface area contributed by atoms with E-state index in [9.17, 15) is 18.0 Å². The molecule has 136 valence electrons. The van der Waals surface area contributed by atoms with E-state index in [1.165, 1.54) is 24.5 Å². The lowest BCUT2D eigenvalue weighted by molar-refractivity contribution is -0.137. The molecule has 1 N–H and O–H groups in total. The van der Waals surface area contributed by atoms with Gasteiger partial charge in [0.2, 0.25) is 0 Å². The van der Waals surface area contributed by atoms with Gasteiger partial charge in [0, 0.05) is 6.54 Å². The molecule has 1 aromatic carbocycles. The molecule has 3 aromatic rings. The van der Waals surface area contributed by atoms with Crippen molar-refractivity contribution < 1.29 is 18.0 Å². The van der Waals surface area contributed by atoms with Gasteiger partial charge in [0.25, 0.3) is 5.91 Å². The molecule has 0 spiro atoms. The van der Waals surface area contributed by atoms with Crippen LogP contribution in [0.25, 0.3) is 5.69 Å². The Balaban J connectivity index is 1.77. The van der Waals surface area contributed by atoms with Crippen LogP contribution in [0, 0.1) is 0 Å². The fourth-order valence-corrected chi connectivity index (χ4v) is 2.33. The van der Waals surface area contributed by atoms with Gasteiger partial charge in [-0.25, -0.2) is 4.68 Å². The third kappa shape index (κ3) is 3.55. The van der Waals surface area contributed by atoms with E-state index in [1.54, 1.807) is 4.57 Å². The number of amides is 1. The fraction of sp³-hybridized carbons (Fsp3) is 0.267. The number of nitrogens with zero attached hydrogens (tertiary/aromatic N) is 6. The van der Waals surface area contributed by atoms with Gasteiger partial charge in [-0.1, -0.05) is 17.3 Å². The average Bonchev–Trinajstić information content (AvgIpc) is 3.28. The molecule has 0 aliphatic rings. The Kier molecular flexibility index (Phi) is 4.69. The molecule has 0 atom stereocenters. The molecule has 11 heteroatoms. The molecule has 3 rings (SSSR count). The molecular weight excluding hydrogens is 351 g/mol. The van der Waals surface area contributed by atoms with Crippen molar-refractivity contribution in [1.29, 1.82) is 0 Å². The highest BCUT2D eigenvalue weighted by Crippen LogP contribution is 2.33. The highest BCUT2D eigenvalue weighted by molar-refractivity contribution is 5.91. The standard InChI is InChI=1S/C15H14F3N7O/c1-2-24-9-20-22-13(24)7-19-14(26)11-8-25(23-21-11)12-6-4-3-5-10(12)15(16,17)18/h3-6,8-9H,2,7H2,1H3,(H,19,26). The topological polar surface area (TPSA) is 90.5 Å². The lowest BCUT2D eigenvalue weighted by Crippen LogP contribution is -2.25. The highest BCUT2D eigenvalue weighted by atomic mass is 19.4. The number of carbonyl (C=O) groups is 1. The molecule has 1 amide bonds. The minimum Gasteiger partial charge on any atom is -0.343 e. The molecule has 0 aliphatic heterocycles. The third-order valence-electron chi connectivity index (χ3n) is 3.63. The molecule has 0 saturated heterocycles. The zero-order valence-corrected chi connectivity index (χ0v) is 13.6. The lowest BCUT2D eigenvalue weighted by atomic mass is 10.1. The molecule has 0 fully saturated rings. The van der Waals surface area contributed by atoms with Crippen LogP contribution >= 0.6 is 0 Å². The van der Waals surface area contributed by atoms with Gasteiger partial charge in [0.1, 0.15) is 6.33 Å². The molecule has 2 aromatic heterocycles. The Morgan fingerprint density at radius 2 is 2.00 bits per heavy atom. The smallest absolute Gasteiger partial charge is 0.343 e. The van der Waals surface area contributed by atoms with E-state index in [1.807, 2.05) is 6.92 Å². The number of aromatic nitrogens is 6. The Morgan fingerprint density at radius 3 is 2.73 bits per heavy atom. The van der Waals surface area contributed by atoms with Crippen LogP contribution in [0.4, 0.5) is 13.2 Å².